The third kappa shape index (κ3) is 9.69. The van der Waals surface area contributed by atoms with Gasteiger partial charge in [-0.05, 0) is 26.2 Å². The molecule has 3 heteroatoms. The van der Waals surface area contributed by atoms with E-state index in [1.807, 2.05) is 0 Å². The van der Waals surface area contributed by atoms with Crippen molar-refractivity contribution in [2.75, 3.05) is 27.4 Å². The molecule has 0 heterocycles. The van der Waals surface area contributed by atoms with Gasteiger partial charge in [-0.1, -0.05) is 58.8 Å². The zero-order valence-electron chi connectivity index (χ0n) is 16.5. The van der Waals surface area contributed by atoms with Crippen molar-refractivity contribution in [3.05, 3.63) is 0 Å². The first-order valence-electron chi connectivity index (χ1n) is 9.88. The first-order valence-corrected chi connectivity index (χ1v) is 9.88. The molecule has 0 aliphatic carbocycles. The minimum absolute atomic E-state index is 0.412. The summed E-state index contributed by atoms with van der Waals surface area (Å²) in [5, 5.41) is 0. The third-order valence-electron chi connectivity index (χ3n) is 4.86. The van der Waals surface area contributed by atoms with E-state index in [1.54, 1.807) is 14.2 Å². The van der Waals surface area contributed by atoms with Gasteiger partial charge in [0.2, 0.25) is 0 Å². The molecule has 0 aromatic rings. The first kappa shape index (κ1) is 22.9. The Labute approximate surface area is 145 Å². The molecule has 0 amide bonds. The number of ether oxygens (including phenoxy) is 3. The molecule has 0 radical (unpaired) electrons. The van der Waals surface area contributed by atoms with Crippen LogP contribution in [-0.4, -0.2) is 33.2 Å². The van der Waals surface area contributed by atoms with Crippen molar-refractivity contribution < 1.29 is 14.2 Å². The van der Waals surface area contributed by atoms with Gasteiger partial charge in [-0.3, -0.25) is 0 Å². The Hall–Kier alpha value is -0.120. The molecule has 0 aliphatic heterocycles. The maximum Gasteiger partial charge on any atom is 0.170 e. The van der Waals surface area contributed by atoms with Crippen molar-refractivity contribution in [3.63, 3.8) is 0 Å². The summed E-state index contributed by atoms with van der Waals surface area (Å²) in [5.41, 5.74) is 0. The Morgan fingerprint density at radius 3 is 1.91 bits per heavy atom. The van der Waals surface area contributed by atoms with E-state index < -0.39 is 5.79 Å². The molecule has 1 atom stereocenters. The Morgan fingerprint density at radius 2 is 1.35 bits per heavy atom. The van der Waals surface area contributed by atoms with E-state index in [1.165, 1.54) is 44.9 Å². The van der Waals surface area contributed by atoms with Crippen LogP contribution < -0.4 is 0 Å². The van der Waals surface area contributed by atoms with Crippen LogP contribution in [0.1, 0.15) is 91.4 Å². The Kier molecular flexibility index (Phi) is 15.3. The average Bonchev–Trinajstić information content (AvgIpc) is 2.58. The van der Waals surface area contributed by atoms with Crippen LogP contribution in [0.15, 0.2) is 0 Å². The summed E-state index contributed by atoms with van der Waals surface area (Å²) in [5.74, 6) is 0.0498. The van der Waals surface area contributed by atoms with Crippen molar-refractivity contribution >= 4 is 0 Å². The van der Waals surface area contributed by atoms with Gasteiger partial charge in [0.05, 0.1) is 0 Å². The highest BCUT2D eigenvalue weighted by Crippen LogP contribution is 2.35. The van der Waals surface area contributed by atoms with E-state index in [2.05, 4.69) is 20.8 Å². The van der Waals surface area contributed by atoms with Crippen LogP contribution in [0.4, 0.5) is 0 Å². The Morgan fingerprint density at radius 1 is 0.739 bits per heavy atom. The van der Waals surface area contributed by atoms with Crippen LogP contribution in [0.25, 0.3) is 0 Å². The fraction of sp³-hybridized carbons (Fsp3) is 1.00. The molecule has 0 N–H and O–H groups in total. The van der Waals surface area contributed by atoms with Crippen molar-refractivity contribution in [1.29, 1.82) is 0 Å². The van der Waals surface area contributed by atoms with Gasteiger partial charge in [-0.25, -0.2) is 0 Å². The van der Waals surface area contributed by atoms with Crippen LogP contribution in [0.5, 0.6) is 0 Å². The highest BCUT2D eigenvalue weighted by molar-refractivity contribution is 4.79. The molecule has 0 rings (SSSR count). The normalized spacial score (nSPS) is 13.4. The second-order valence-electron chi connectivity index (χ2n) is 6.56. The lowest BCUT2D eigenvalue weighted by Gasteiger charge is -2.38. The summed E-state index contributed by atoms with van der Waals surface area (Å²) in [7, 11) is 3.60. The molecule has 0 saturated carbocycles. The van der Waals surface area contributed by atoms with Crippen LogP contribution in [0, 0.1) is 5.92 Å². The summed E-state index contributed by atoms with van der Waals surface area (Å²) in [6, 6.07) is 0. The molecule has 0 aromatic carbocycles. The number of rotatable bonds is 17. The van der Waals surface area contributed by atoms with Crippen LogP contribution in [0.2, 0.25) is 0 Å². The van der Waals surface area contributed by atoms with E-state index in [0.717, 1.165) is 38.9 Å². The molecule has 0 fully saturated rings. The predicted octanol–water partition coefficient (Wildman–Crippen LogP) is 5.96. The van der Waals surface area contributed by atoms with E-state index >= 15 is 0 Å². The summed E-state index contributed by atoms with van der Waals surface area (Å²) < 4.78 is 17.3. The highest BCUT2D eigenvalue weighted by Gasteiger charge is 2.37. The van der Waals surface area contributed by atoms with Gasteiger partial charge in [0.15, 0.2) is 5.79 Å². The first-order chi connectivity index (χ1) is 11.2. The van der Waals surface area contributed by atoms with Crippen LogP contribution >= 0.6 is 0 Å². The van der Waals surface area contributed by atoms with Gasteiger partial charge >= 0.3 is 0 Å². The van der Waals surface area contributed by atoms with Crippen LogP contribution in [-0.2, 0) is 14.2 Å². The van der Waals surface area contributed by atoms with Gasteiger partial charge in [0.25, 0.3) is 0 Å². The maximum atomic E-state index is 5.88. The third-order valence-corrected chi connectivity index (χ3v) is 4.86. The van der Waals surface area contributed by atoms with Gasteiger partial charge < -0.3 is 14.2 Å². The standard InChI is InChI=1S/C20H42O3/c1-6-9-10-11-12-13-15-19(16-14-18-23-8-3)20(21-4,22-5)17-7-2/h19H,6-18H2,1-5H3. The predicted molar refractivity (Wildman–Crippen MR) is 98.9 cm³/mol. The minimum Gasteiger partial charge on any atom is -0.382 e. The smallest absolute Gasteiger partial charge is 0.170 e. The fourth-order valence-electron chi connectivity index (χ4n) is 3.50. The molecule has 0 saturated heterocycles. The summed E-state index contributed by atoms with van der Waals surface area (Å²) >= 11 is 0. The summed E-state index contributed by atoms with van der Waals surface area (Å²) in [6.45, 7) is 8.18. The maximum absolute atomic E-state index is 5.88. The van der Waals surface area contributed by atoms with Crippen molar-refractivity contribution in [2.24, 2.45) is 5.92 Å². The van der Waals surface area contributed by atoms with Gasteiger partial charge in [-0.2, -0.15) is 0 Å². The topological polar surface area (TPSA) is 27.7 Å². The highest BCUT2D eigenvalue weighted by atomic mass is 16.7. The van der Waals surface area contributed by atoms with Crippen LogP contribution in [0.3, 0.4) is 0 Å². The molecular weight excluding hydrogens is 288 g/mol. The molecule has 0 aromatic heterocycles. The minimum atomic E-state index is -0.412. The van der Waals surface area contributed by atoms with Crippen molar-refractivity contribution in [3.8, 4) is 0 Å². The van der Waals surface area contributed by atoms with E-state index in [0.29, 0.717) is 5.92 Å². The van der Waals surface area contributed by atoms with E-state index in [9.17, 15) is 0 Å². The molecule has 0 aliphatic rings. The molecule has 0 spiro atoms. The molecule has 23 heavy (non-hydrogen) atoms. The van der Waals surface area contributed by atoms with Gasteiger partial charge in [0.1, 0.15) is 0 Å². The SMILES string of the molecule is CCCCCCCCC(CCCOCC)C(CCC)(OC)OC. The second-order valence-corrected chi connectivity index (χ2v) is 6.56. The van der Waals surface area contributed by atoms with Crippen molar-refractivity contribution in [2.45, 2.75) is 97.2 Å². The molecule has 3 nitrogen and oxygen atoms in total. The summed E-state index contributed by atoms with van der Waals surface area (Å²) in [4.78, 5) is 0. The Balaban J connectivity index is 4.46. The lowest BCUT2D eigenvalue weighted by Crippen LogP contribution is -2.42. The quantitative estimate of drug-likeness (QED) is 0.243. The van der Waals surface area contributed by atoms with E-state index in [-0.39, 0.29) is 0 Å². The lowest BCUT2D eigenvalue weighted by atomic mass is 9.85. The lowest BCUT2D eigenvalue weighted by molar-refractivity contribution is -0.247. The molecule has 0 bridgehead atoms. The Bertz CT molecular complexity index is 239. The number of hydrogen-bond acceptors (Lipinski definition) is 3. The van der Waals surface area contributed by atoms with Gasteiger partial charge in [0, 0.05) is 39.8 Å². The van der Waals surface area contributed by atoms with Crippen molar-refractivity contribution in [1.82, 2.24) is 0 Å². The van der Waals surface area contributed by atoms with Gasteiger partial charge in [-0.15, -0.1) is 0 Å². The summed E-state index contributed by atoms with van der Waals surface area (Å²) in [6.07, 6.45) is 13.5. The molecule has 140 valence electrons. The zero-order valence-corrected chi connectivity index (χ0v) is 16.5. The monoisotopic (exact) mass is 330 g/mol. The molecule has 1 unspecified atom stereocenters. The second kappa shape index (κ2) is 15.4. The number of methoxy groups -OCH3 is 2. The van der Waals surface area contributed by atoms with E-state index in [4.69, 9.17) is 14.2 Å². The fourth-order valence-corrected chi connectivity index (χ4v) is 3.50. The number of unbranched alkanes of at least 4 members (excludes halogenated alkanes) is 5. The molecular formula is C20H42O3. The zero-order chi connectivity index (χ0) is 17.4. The largest absolute Gasteiger partial charge is 0.382 e. The average molecular weight is 331 g/mol. The number of hydrogen-bond donors (Lipinski definition) is 0.